The molecular formula is C16H15ClO2S2. The average Bonchev–Trinajstić information content (AvgIpc) is 2.97. The van der Waals surface area contributed by atoms with Crippen LogP contribution in [0.4, 0.5) is 0 Å². The van der Waals surface area contributed by atoms with Gasteiger partial charge in [-0.3, -0.25) is 0 Å². The second-order valence-corrected chi connectivity index (χ2v) is 7.88. The van der Waals surface area contributed by atoms with Gasteiger partial charge in [-0.15, -0.1) is 22.9 Å². The van der Waals surface area contributed by atoms with Gasteiger partial charge in [0, 0.05) is 15.5 Å². The third kappa shape index (κ3) is 2.65. The molecule has 0 saturated heterocycles. The zero-order chi connectivity index (χ0) is 14.2. The molecule has 4 rings (SSSR count). The molecule has 2 aliphatic rings. The zero-order valence-corrected chi connectivity index (χ0v) is 13.8. The minimum Gasteiger partial charge on any atom is -0.486 e. The van der Waals surface area contributed by atoms with Crippen molar-refractivity contribution in [2.45, 2.75) is 17.6 Å². The number of benzene rings is 1. The highest BCUT2D eigenvalue weighted by atomic mass is 35.5. The molecule has 5 heteroatoms. The van der Waals surface area contributed by atoms with Crippen molar-refractivity contribution in [3.63, 3.8) is 0 Å². The van der Waals surface area contributed by atoms with Gasteiger partial charge in [-0.05, 0) is 41.5 Å². The average molecular weight is 339 g/mol. The summed E-state index contributed by atoms with van der Waals surface area (Å²) in [5, 5.41) is -0.110. The van der Waals surface area contributed by atoms with Gasteiger partial charge in [0.2, 0.25) is 0 Å². The van der Waals surface area contributed by atoms with Crippen LogP contribution in [0.25, 0.3) is 0 Å². The fourth-order valence-corrected chi connectivity index (χ4v) is 5.39. The normalized spacial score (nSPS) is 18.1. The SMILES string of the molecule is ClC(c1ccc2c(c1)OCCO2)c1cc2c(s1)CCSC2. The third-order valence-electron chi connectivity index (χ3n) is 3.76. The number of hydrogen-bond donors (Lipinski definition) is 0. The van der Waals surface area contributed by atoms with Crippen LogP contribution in [0.15, 0.2) is 24.3 Å². The molecule has 21 heavy (non-hydrogen) atoms. The van der Waals surface area contributed by atoms with E-state index >= 15 is 0 Å². The summed E-state index contributed by atoms with van der Waals surface area (Å²) in [6.45, 7) is 1.22. The van der Waals surface area contributed by atoms with Crippen LogP contribution >= 0.6 is 34.7 Å². The third-order valence-corrected chi connectivity index (χ3v) is 6.68. The van der Waals surface area contributed by atoms with Gasteiger partial charge in [0.15, 0.2) is 11.5 Å². The van der Waals surface area contributed by atoms with E-state index in [1.807, 2.05) is 41.3 Å². The predicted octanol–water partition coefficient (Wildman–Crippen LogP) is 4.64. The number of thiophene rings is 1. The molecule has 0 N–H and O–H groups in total. The lowest BCUT2D eigenvalue weighted by Crippen LogP contribution is -2.15. The van der Waals surface area contributed by atoms with Gasteiger partial charge in [0.1, 0.15) is 13.2 Å². The van der Waals surface area contributed by atoms with Crippen LogP contribution in [-0.4, -0.2) is 19.0 Å². The van der Waals surface area contributed by atoms with Crippen LogP contribution in [0.2, 0.25) is 0 Å². The topological polar surface area (TPSA) is 18.5 Å². The molecule has 0 fully saturated rings. The van der Waals surface area contributed by atoms with E-state index in [1.165, 1.54) is 27.5 Å². The molecule has 2 aliphatic heterocycles. The summed E-state index contributed by atoms with van der Waals surface area (Å²) >= 11 is 10.6. The second-order valence-electron chi connectivity index (χ2n) is 5.17. The lowest BCUT2D eigenvalue weighted by atomic mass is 10.1. The monoisotopic (exact) mass is 338 g/mol. The van der Waals surface area contributed by atoms with Crippen molar-refractivity contribution in [3.05, 3.63) is 45.1 Å². The molecule has 1 aromatic heterocycles. The van der Waals surface area contributed by atoms with Crippen molar-refractivity contribution >= 4 is 34.7 Å². The van der Waals surface area contributed by atoms with E-state index in [-0.39, 0.29) is 5.38 Å². The molecule has 0 aliphatic carbocycles. The number of ether oxygens (including phenoxy) is 2. The van der Waals surface area contributed by atoms with Gasteiger partial charge in [-0.25, -0.2) is 0 Å². The highest BCUT2D eigenvalue weighted by Crippen LogP contribution is 2.41. The summed E-state index contributed by atoms with van der Waals surface area (Å²) in [5.41, 5.74) is 2.54. The fraction of sp³-hybridized carbons (Fsp3) is 0.375. The van der Waals surface area contributed by atoms with E-state index in [0.29, 0.717) is 13.2 Å². The van der Waals surface area contributed by atoms with Crippen molar-refractivity contribution in [2.24, 2.45) is 0 Å². The first-order valence-electron chi connectivity index (χ1n) is 7.04. The van der Waals surface area contributed by atoms with Gasteiger partial charge < -0.3 is 9.47 Å². The maximum atomic E-state index is 6.70. The Kier molecular flexibility index (Phi) is 3.78. The van der Waals surface area contributed by atoms with Gasteiger partial charge in [-0.2, -0.15) is 11.8 Å². The van der Waals surface area contributed by atoms with Gasteiger partial charge >= 0.3 is 0 Å². The summed E-state index contributed by atoms with van der Waals surface area (Å²) in [6, 6.07) is 8.29. The molecular weight excluding hydrogens is 324 g/mol. The number of halogens is 1. The van der Waals surface area contributed by atoms with Crippen molar-refractivity contribution in [3.8, 4) is 11.5 Å². The number of thioether (sulfide) groups is 1. The van der Waals surface area contributed by atoms with E-state index in [4.69, 9.17) is 21.1 Å². The quantitative estimate of drug-likeness (QED) is 0.743. The molecule has 1 unspecified atom stereocenters. The Hall–Kier alpha value is -0.840. The molecule has 3 heterocycles. The van der Waals surface area contributed by atoms with Crippen LogP contribution in [0, 0.1) is 0 Å². The van der Waals surface area contributed by atoms with Crippen LogP contribution < -0.4 is 9.47 Å². The molecule has 2 aromatic rings. The van der Waals surface area contributed by atoms with E-state index in [1.54, 1.807) is 0 Å². The fourth-order valence-electron chi connectivity index (χ4n) is 2.68. The minimum absolute atomic E-state index is 0.110. The van der Waals surface area contributed by atoms with E-state index < -0.39 is 0 Å². The number of hydrogen-bond acceptors (Lipinski definition) is 4. The first kappa shape index (κ1) is 13.8. The van der Waals surface area contributed by atoms with E-state index in [0.717, 1.165) is 22.8 Å². The summed E-state index contributed by atoms with van der Waals surface area (Å²) < 4.78 is 11.2. The Morgan fingerprint density at radius 3 is 2.81 bits per heavy atom. The lowest BCUT2D eigenvalue weighted by molar-refractivity contribution is 0.171. The van der Waals surface area contributed by atoms with Gasteiger partial charge in [-0.1, -0.05) is 6.07 Å². The van der Waals surface area contributed by atoms with Crippen molar-refractivity contribution in [2.75, 3.05) is 19.0 Å². The summed E-state index contributed by atoms with van der Waals surface area (Å²) in [5.74, 6) is 3.97. The van der Waals surface area contributed by atoms with Crippen LogP contribution in [0.3, 0.4) is 0 Å². The van der Waals surface area contributed by atoms with E-state index in [9.17, 15) is 0 Å². The highest BCUT2D eigenvalue weighted by Gasteiger charge is 2.21. The minimum atomic E-state index is -0.110. The molecule has 1 atom stereocenters. The van der Waals surface area contributed by atoms with Crippen LogP contribution in [0.1, 0.15) is 26.3 Å². The number of fused-ring (bicyclic) bond motifs is 2. The zero-order valence-electron chi connectivity index (χ0n) is 11.4. The standard InChI is InChI=1S/C16H15ClO2S2/c17-16(15-8-11-9-20-6-3-14(11)21-15)10-1-2-12-13(7-10)19-5-4-18-12/h1-2,7-8,16H,3-6,9H2. The first-order chi connectivity index (χ1) is 10.3. The summed E-state index contributed by atoms with van der Waals surface area (Å²) in [7, 11) is 0. The summed E-state index contributed by atoms with van der Waals surface area (Å²) in [4.78, 5) is 2.74. The maximum Gasteiger partial charge on any atom is 0.161 e. The number of alkyl halides is 1. The van der Waals surface area contributed by atoms with Crippen LogP contribution in [-0.2, 0) is 12.2 Å². The number of aryl methyl sites for hydroxylation is 1. The van der Waals surface area contributed by atoms with Gasteiger partial charge in [0.25, 0.3) is 0 Å². The largest absolute Gasteiger partial charge is 0.486 e. The molecule has 110 valence electrons. The number of rotatable bonds is 2. The first-order valence-corrected chi connectivity index (χ1v) is 9.45. The maximum absolute atomic E-state index is 6.70. The molecule has 0 saturated carbocycles. The molecule has 2 nitrogen and oxygen atoms in total. The van der Waals surface area contributed by atoms with E-state index in [2.05, 4.69) is 6.07 Å². The highest BCUT2D eigenvalue weighted by molar-refractivity contribution is 7.98. The Morgan fingerprint density at radius 1 is 1.10 bits per heavy atom. The van der Waals surface area contributed by atoms with Crippen LogP contribution in [0.5, 0.6) is 11.5 Å². The molecule has 0 bridgehead atoms. The predicted molar refractivity (Wildman–Crippen MR) is 89.3 cm³/mol. The van der Waals surface area contributed by atoms with Crippen molar-refractivity contribution in [1.29, 1.82) is 0 Å². The summed E-state index contributed by atoms with van der Waals surface area (Å²) in [6.07, 6.45) is 1.18. The molecule has 0 spiro atoms. The second kappa shape index (κ2) is 5.75. The molecule has 0 radical (unpaired) electrons. The Labute approximate surface area is 137 Å². The van der Waals surface area contributed by atoms with Crippen molar-refractivity contribution < 1.29 is 9.47 Å². The molecule has 1 aromatic carbocycles. The Bertz CT molecular complexity index is 645. The van der Waals surface area contributed by atoms with Gasteiger partial charge in [0.05, 0.1) is 5.38 Å². The van der Waals surface area contributed by atoms with Crippen molar-refractivity contribution in [1.82, 2.24) is 0 Å². The Balaban J connectivity index is 1.64. The smallest absolute Gasteiger partial charge is 0.161 e. The lowest BCUT2D eigenvalue weighted by Gasteiger charge is -2.19. The Morgan fingerprint density at radius 2 is 1.95 bits per heavy atom. The molecule has 0 amide bonds.